The average Bonchev–Trinajstić information content (AvgIpc) is 2.95. The Labute approximate surface area is 140 Å². The molecule has 0 atom stereocenters. The lowest BCUT2D eigenvalue weighted by atomic mass is 9.98. The first-order valence-corrected chi connectivity index (χ1v) is 8.60. The number of morpholine rings is 1. The fraction of sp³-hybridized carbons (Fsp3) is 0.412. The Balaban J connectivity index is 1.77. The van der Waals surface area contributed by atoms with Crippen LogP contribution in [-0.2, 0) is 4.74 Å². The summed E-state index contributed by atoms with van der Waals surface area (Å²) in [5.41, 5.74) is 5.73. The zero-order valence-corrected chi connectivity index (χ0v) is 14.5. The van der Waals surface area contributed by atoms with Crippen molar-refractivity contribution in [2.45, 2.75) is 20.8 Å². The minimum Gasteiger partial charge on any atom is -0.378 e. The molecule has 1 aromatic carbocycles. The van der Waals surface area contributed by atoms with Crippen molar-refractivity contribution in [2.24, 2.45) is 0 Å². The van der Waals surface area contributed by atoms with Gasteiger partial charge in [0.25, 0.3) is 0 Å². The quantitative estimate of drug-likeness (QED) is 0.915. The van der Waals surface area contributed by atoms with Gasteiger partial charge in [0.2, 0.25) is 0 Å². The molecule has 1 N–H and O–H groups in total. The first kappa shape index (κ1) is 16.0. The van der Waals surface area contributed by atoms with E-state index in [1.807, 2.05) is 5.38 Å². The van der Waals surface area contributed by atoms with Crippen molar-refractivity contribution >= 4 is 22.5 Å². The van der Waals surface area contributed by atoms with Crippen LogP contribution < -0.4 is 5.32 Å². The second-order valence-electron chi connectivity index (χ2n) is 5.84. The van der Waals surface area contributed by atoms with Crippen LogP contribution in [0.4, 0.5) is 9.93 Å². The molecule has 0 bridgehead atoms. The topological polar surface area (TPSA) is 54.5 Å². The molecule has 5 nitrogen and oxygen atoms in total. The number of hydrogen-bond donors (Lipinski definition) is 1. The molecule has 3 rings (SSSR count). The van der Waals surface area contributed by atoms with Gasteiger partial charge in [-0.3, -0.25) is 5.32 Å². The normalized spacial score (nSPS) is 14.8. The number of nitrogens with zero attached hydrogens (tertiary/aromatic N) is 2. The first-order valence-electron chi connectivity index (χ1n) is 7.72. The Bertz CT molecular complexity index is 697. The third-order valence-electron chi connectivity index (χ3n) is 3.95. The monoisotopic (exact) mass is 331 g/mol. The highest BCUT2D eigenvalue weighted by Crippen LogP contribution is 2.31. The molecular formula is C17H21N3O2S. The van der Waals surface area contributed by atoms with Crippen molar-refractivity contribution in [3.05, 3.63) is 34.2 Å². The molecule has 0 spiro atoms. The van der Waals surface area contributed by atoms with Crippen LogP contribution in [0.1, 0.15) is 16.7 Å². The Morgan fingerprint density at radius 3 is 2.52 bits per heavy atom. The number of benzene rings is 1. The predicted molar refractivity (Wildman–Crippen MR) is 93.2 cm³/mol. The standard InChI is InChI=1S/C17H21N3O2S/c1-11-8-12(2)15(13(3)9-11)14-10-23-16(18-14)19-17(21)20-4-6-22-7-5-20/h8-10H,4-7H2,1-3H3,(H,18,19,21). The summed E-state index contributed by atoms with van der Waals surface area (Å²) in [5, 5.41) is 5.53. The van der Waals surface area contributed by atoms with Gasteiger partial charge in [-0.15, -0.1) is 11.3 Å². The average molecular weight is 331 g/mol. The third-order valence-corrected chi connectivity index (χ3v) is 4.71. The van der Waals surface area contributed by atoms with E-state index in [0.29, 0.717) is 31.4 Å². The summed E-state index contributed by atoms with van der Waals surface area (Å²) in [7, 11) is 0. The van der Waals surface area contributed by atoms with Gasteiger partial charge in [-0.1, -0.05) is 17.7 Å². The number of carbonyl (C=O) groups excluding carboxylic acids is 1. The number of ether oxygens (including phenoxy) is 1. The fourth-order valence-electron chi connectivity index (χ4n) is 2.97. The van der Waals surface area contributed by atoms with Gasteiger partial charge >= 0.3 is 6.03 Å². The second kappa shape index (κ2) is 6.68. The molecule has 2 aromatic rings. The minimum absolute atomic E-state index is 0.105. The zero-order chi connectivity index (χ0) is 16.4. The van der Waals surface area contributed by atoms with Gasteiger partial charge < -0.3 is 9.64 Å². The van der Waals surface area contributed by atoms with E-state index in [0.717, 1.165) is 11.3 Å². The van der Waals surface area contributed by atoms with Crippen molar-refractivity contribution in [2.75, 3.05) is 31.6 Å². The molecule has 2 amide bonds. The van der Waals surface area contributed by atoms with E-state index in [2.05, 4.69) is 43.2 Å². The molecular weight excluding hydrogens is 310 g/mol. The molecule has 1 aromatic heterocycles. The lowest BCUT2D eigenvalue weighted by Gasteiger charge is -2.26. The number of carbonyl (C=O) groups is 1. The Morgan fingerprint density at radius 1 is 1.22 bits per heavy atom. The van der Waals surface area contributed by atoms with Crippen LogP contribution in [-0.4, -0.2) is 42.2 Å². The number of thiazole rings is 1. The van der Waals surface area contributed by atoms with Crippen LogP contribution >= 0.6 is 11.3 Å². The predicted octanol–water partition coefficient (Wildman–Crippen LogP) is 3.60. The van der Waals surface area contributed by atoms with E-state index >= 15 is 0 Å². The smallest absolute Gasteiger partial charge is 0.323 e. The maximum atomic E-state index is 12.2. The minimum atomic E-state index is -0.105. The maximum absolute atomic E-state index is 12.2. The first-order chi connectivity index (χ1) is 11.0. The molecule has 1 fully saturated rings. The van der Waals surface area contributed by atoms with Crippen LogP contribution in [0.15, 0.2) is 17.5 Å². The summed E-state index contributed by atoms with van der Waals surface area (Å²) in [6, 6.07) is 4.22. The van der Waals surface area contributed by atoms with E-state index in [1.54, 1.807) is 4.90 Å². The summed E-state index contributed by atoms with van der Waals surface area (Å²) >= 11 is 1.46. The zero-order valence-electron chi connectivity index (χ0n) is 13.7. The van der Waals surface area contributed by atoms with Gasteiger partial charge in [-0.25, -0.2) is 9.78 Å². The van der Waals surface area contributed by atoms with Crippen LogP contribution in [0.25, 0.3) is 11.3 Å². The largest absolute Gasteiger partial charge is 0.378 e. The molecule has 0 aliphatic carbocycles. The number of amides is 2. The van der Waals surface area contributed by atoms with Crippen LogP contribution in [0.5, 0.6) is 0 Å². The number of hydrogen-bond acceptors (Lipinski definition) is 4. The molecule has 0 saturated carbocycles. The number of aryl methyl sites for hydroxylation is 3. The Hall–Kier alpha value is -1.92. The fourth-order valence-corrected chi connectivity index (χ4v) is 3.66. The van der Waals surface area contributed by atoms with Crippen LogP contribution in [0.3, 0.4) is 0 Å². The summed E-state index contributed by atoms with van der Waals surface area (Å²) in [4.78, 5) is 18.6. The van der Waals surface area contributed by atoms with Gasteiger partial charge in [0.15, 0.2) is 5.13 Å². The van der Waals surface area contributed by atoms with Crippen molar-refractivity contribution in [3.63, 3.8) is 0 Å². The summed E-state index contributed by atoms with van der Waals surface area (Å²) in [6.45, 7) is 8.73. The summed E-state index contributed by atoms with van der Waals surface area (Å²) < 4.78 is 5.26. The van der Waals surface area contributed by atoms with Crippen molar-refractivity contribution < 1.29 is 9.53 Å². The SMILES string of the molecule is Cc1cc(C)c(-c2csc(NC(=O)N3CCOCC3)n2)c(C)c1. The molecule has 2 heterocycles. The van der Waals surface area contributed by atoms with Crippen molar-refractivity contribution in [3.8, 4) is 11.3 Å². The number of rotatable bonds is 2. The van der Waals surface area contributed by atoms with Gasteiger partial charge in [0.05, 0.1) is 18.9 Å². The molecule has 23 heavy (non-hydrogen) atoms. The maximum Gasteiger partial charge on any atom is 0.323 e. The number of nitrogens with one attached hydrogen (secondary N) is 1. The summed E-state index contributed by atoms with van der Waals surface area (Å²) in [5.74, 6) is 0. The molecule has 122 valence electrons. The Kier molecular flexibility index (Phi) is 4.63. The third kappa shape index (κ3) is 3.54. The highest BCUT2D eigenvalue weighted by molar-refractivity contribution is 7.14. The van der Waals surface area contributed by atoms with Crippen LogP contribution in [0.2, 0.25) is 0 Å². The van der Waals surface area contributed by atoms with Gasteiger partial charge in [0, 0.05) is 24.0 Å². The van der Waals surface area contributed by atoms with E-state index in [1.165, 1.54) is 28.0 Å². The molecule has 0 radical (unpaired) electrons. The number of anilines is 1. The molecule has 0 unspecified atom stereocenters. The van der Waals surface area contributed by atoms with Crippen molar-refractivity contribution in [1.82, 2.24) is 9.88 Å². The van der Waals surface area contributed by atoms with Gasteiger partial charge in [0.1, 0.15) is 0 Å². The lowest BCUT2D eigenvalue weighted by molar-refractivity contribution is 0.0564. The van der Waals surface area contributed by atoms with E-state index in [-0.39, 0.29) is 6.03 Å². The van der Waals surface area contributed by atoms with Crippen molar-refractivity contribution in [1.29, 1.82) is 0 Å². The number of aromatic nitrogens is 1. The molecule has 1 saturated heterocycles. The van der Waals surface area contributed by atoms with E-state index in [4.69, 9.17) is 4.74 Å². The Morgan fingerprint density at radius 2 is 1.87 bits per heavy atom. The van der Waals surface area contributed by atoms with Crippen LogP contribution in [0, 0.1) is 20.8 Å². The summed E-state index contributed by atoms with van der Waals surface area (Å²) in [6.07, 6.45) is 0. The van der Waals surface area contributed by atoms with E-state index < -0.39 is 0 Å². The van der Waals surface area contributed by atoms with Gasteiger partial charge in [-0.05, 0) is 31.9 Å². The van der Waals surface area contributed by atoms with Gasteiger partial charge in [-0.2, -0.15) is 0 Å². The highest BCUT2D eigenvalue weighted by Gasteiger charge is 2.18. The molecule has 6 heteroatoms. The van der Waals surface area contributed by atoms with E-state index in [9.17, 15) is 4.79 Å². The lowest BCUT2D eigenvalue weighted by Crippen LogP contribution is -2.43. The number of urea groups is 1. The second-order valence-corrected chi connectivity index (χ2v) is 6.70. The molecule has 1 aliphatic heterocycles. The molecule has 1 aliphatic rings. The highest BCUT2D eigenvalue weighted by atomic mass is 32.1.